The number of aromatic nitrogens is 3. The van der Waals surface area contributed by atoms with Crippen LogP contribution < -0.4 is 0 Å². The molecule has 0 aliphatic heterocycles. The summed E-state index contributed by atoms with van der Waals surface area (Å²) in [6.45, 7) is 6.12. The number of aromatic amines is 1. The van der Waals surface area contributed by atoms with E-state index in [4.69, 9.17) is 11.6 Å². The lowest BCUT2D eigenvalue weighted by molar-refractivity contribution is 0.817. The summed E-state index contributed by atoms with van der Waals surface area (Å²) in [6.07, 6.45) is 0. The lowest BCUT2D eigenvalue weighted by Crippen LogP contribution is -1.98. The first kappa shape index (κ1) is 9.46. The van der Waals surface area contributed by atoms with Crippen LogP contribution in [0.15, 0.2) is 6.07 Å². The van der Waals surface area contributed by atoms with E-state index in [2.05, 4.69) is 28.8 Å². The molecule has 0 spiro atoms. The largest absolute Gasteiger partial charge is 0.330 e. The fourth-order valence-corrected chi connectivity index (χ4v) is 1.76. The van der Waals surface area contributed by atoms with Crippen molar-refractivity contribution in [2.24, 2.45) is 0 Å². The molecule has 0 saturated heterocycles. The molecule has 0 saturated carbocycles. The Hall–Kier alpha value is -1.09. The van der Waals surface area contributed by atoms with Crippen LogP contribution in [0.4, 0.5) is 0 Å². The highest BCUT2D eigenvalue weighted by molar-refractivity contribution is 6.30. The standard InChI is InChI=1S/C10H12ClN3/c1-5(2)9-7-4-8(11)14-10(7)13-6(3)12-9/h4-5H,1-3H3,(H,12,13,14). The van der Waals surface area contributed by atoms with Gasteiger partial charge in [0.05, 0.1) is 5.69 Å². The van der Waals surface area contributed by atoms with Gasteiger partial charge in [-0.3, -0.25) is 0 Å². The molecule has 4 heteroatoms. The van der Waals surface area contributed by atoms with E-state index in [1.165, 1.54) is 0 Å². The Morgan fingerprint density at radius 2 is 2.07 bits per heavy atom. The third kappa shape index (κ3) is 1.48. The molecule has 0 radical (unpaired) electrons. The second kappa shape index (κ2) is 3.24. The summed E-state index contributed by atoms with van der Waals surface area (Å²) in [5.74, 6) is 1.16. The van der Waals surface area contributed by atoms with Gasteiger partial charge in [0, 0.05) is 5.39 Å². The predicted molar refractivity (Wildman–Crippen MR) is 57.7 cm³/mol. The van der Waals surface area contributed by atoms with Gasteiger partial charge in [-0.1, -0.05) is 25.4 Å². The van der Waals surface area contributed by atoms with Crippen LogP contribution in [0.1, 0.15) is 31.3 Å². The zero-order valence-corrected chi connectivity index (χ0v) is 9.18. The van der Waals surface area contributed by atoms with Crippen molar-refractivity contribution in [2.75, 3.05) is 0 Å². The molecule has 0 aromatic carbocycles. The molecule has 14 heavy (non-hydrogen) atoms. The van der Waals surface area contributed by atoms with Crippen molar-refractivity contribution in [1.29, 1.82) is 0 Å². The Morgan fingerprint density at radius 1 is 1.36 bits per heavy atom. The highest BCUT2D eigenvalue weighted by atomic mass is 35.5. The number of hydrogen-bond donors (Lipinski definition) is 1. The first-order chi connectivity index (χ1) is 6.58. The summed E-state index contributed by atoms with van der Waals surface area (Å²) in [5.41, 5.74) is 1.88. The van der Waals surface area contributed by atoms with Gasteiger partial charge in [0.15, 0.2) is 0 Å². The van der Waals surface area contributed by atoms with Crippen LogP contribution in [0.25, 0.3) is 11.0 Å². The smallest absolute Gasteiger partial charge is 0.142 e. The third-order valence-corrected chi connectivity index (χ3v) is 2.35. The van der Waals surface area contributed by atoms with Gasteiger partial charge in [0.2, 0.25) is 0 Å². The quantitative estimate of drug-likeness (QED) is 0.785. The second-order valence-electron chi connectivity index (χ2n) is 3.69. The molecule has 2 aromatic heterocycles. The SMILES string of the molecule is Cc1nc(C(C)C)c2cc(Cl)[nH]c2n1. The average Bonchev–Trinajstić information content (AvgIpc) is 2.42. The zero-order valence-electron chi connectivity index (χ0n) is 8.43. The number of H-pyrrole nitrogens is 1. The van der Waals surface area contributed by atoms with Gasteiger partial charge in [-0.25, -0.2) is 9.97 Å². The first-order valence-corrected chi connectivity index (χ1v) is 4.98. The molecule has 0 atom stereocenters. The van der Waals surface area contributed by atoms with Crippen molar-refractivity contribution in [1.82, 2.24) is 15.0 Å². The minimum absolute atomic E-state index is 0.381. The molecule has 74 valence electrons. The monoisotopic (exact) mass is 209 g/mol. The molecule has 0 bridgehead atoms. The van der Waals surface area contributed by atoms with Crippen LogP contribution in [0.5, 0.6) is 0 Å². The van der Waals surface area contributed by atoms with Crippen molar-refractivity contribution in [2.45, 2.75) is 26.7 Å². The van der Waals surface area contributed by atoms with Gasteiger partial charge < -0.3 is 4.98 Å². The summed E-state index contributed by atoms with van der Waals surface area (Å²) < 4.78 is 0. The minimum Gasteiger partial charge on any atom is -0.330 e. The Morgan fingerprint density at radius 3 is 2.71 bits per heavy atom. The van der Waals surface area contributed by atoms with Gasteiger partial charge in [-0.15, -0.1) is 0 Å². The van der Waals surface area contributed by atoms with Crippen molar-refractivity contribution in [3.8, 4) is 0 Å². The Bertz CT molecular complexity index is 473. The predicted octanol–water partition coefficient (Wildman–Crippen LogP) is 3.04. The van der Waals surface area contributed by atoms with Crippen LogP contribution in [0, 0.1) is 6.92 Å². The van der Waals surface area contributed by atoms with E-state index in [-0.39, 0.29) is 0 Å². The van der Waals surface area contributed by atoms with E-state index >= 15 is 0 Å². The Labute approximate surface area is 87.5 Å². The van der Waals surface area contributed by atoms with Crippen LogP contribution in [-0.4, -0.2) is 15.0 Å². The Balaban J connectivity index is 2.79. The van der Waals surface area contributed by atoms with Crippen LogP contribution in [0.3, 0.4) is 0 Å². The maximum absolute atomic E-state index is 5.89. The Kier molecular flexibility index (Phi) is 2.19. The van der Waals surface area contributed by atoms with Crippen molar-refractivity contribution < 1.29 is 0 Å². The van der Waals surface area contributed by atoms with Gasteiger partial charge in [0.1, 0.15) is 16.6 Å². The van der Waals surface area contributed by atoms with Crippen molar-refractivity contribution in [3.05, 3.63) is 22.7 Å². The summed E-state index contributed by atoms with van der Waals surface area (Å²) in [4.78, 5) is 11.7. The van der Waals surface area contributed by atoms with Gasteiger partial charge in [0.25, 0.3) is 0 Å². The molecule has 2 rings (SSSR count). The fourth-order valence-electron chi connectivity index (χ4n) is 1.56. The fraction of sp³-hybridized carbons (Fsp3) is 0.400. The number of fused-ring (bicyclic) bond motifs is 1. The third-order valence-electron chi connectivity index (χ3n) is 2.14. The van der Waals surface area contributed by atoms with Crippen molar-refractivity contribution >= 4 is 22.6 Å². The molecule has 0 aliphatic carbocycles. The molecule has 0 fully saturated rings. The van der Waals surface area contributed by atoms with Crippen molar-refractivity contribution in [3.63, 3.8) is 0 Å². The van der Waals surface area contributed by atoms with E-state index in [0.717, 1.165) is 22.6 Å². The number of halogens is 1. The molecular weight excluding hydrogens is 198 g/mol. The summed E-state index contributed by atoms with van der Waals surface area (Å²) in [5, 5.41) is 1.64. The number of aryl methyl sites for hydroxylation is 1. The second-order valence-corrected chi connectivity index (χ2v) is 4.10. The number of hydrogen-bond acceptors (Lipinski definition) is 2. The zero-order chi connectivity index (χ0) is 10.3. The normalized spacial score (nSPS) is 11.5. The molecule has 2 heterocycles. The van der Waals surface area contributed by atoms with E-state index < -0.39 is 0 Å². The van der Waals surface area contributed by atoms with Crippen LogP contribution in [-0.2, 0) is 0 Å². The lowest BCUT2D eigenvalue weighted by atomic mass is 10.1. The first-order valence-electron chi connectivity index (χ1n) is 4.60. The molecule has 1 N–H and O–H groups in total. The average molecular weight is 210 g/mol. The molecule has 0 amide bonds. The summed E-state index contributed by atoms with van der Waals surface area (Å²) >= 11 is 5.89. The van der Waals surface area contributed by atoms with E-state index in [1.54, 1.807) is 0 Å². The molecule has 0 unspecified atom stereocenters. The highest BCUT2D eigenvalue weighted by Crippen LogP contribution is 2.24. The van der Waals surface area contributed by atoms with Crippen LogP contribution >= 0.6 is 11.6 Å². The van der Waals surface area contributed by atoms with Gasteiger partial charge in [-0.05, 0) is 18.9 Å². The topological polar surface area (TPSA) is 41.6 Å². The molecular formula is C10H12ClN3. The van der Waals surface area contributed by atoms with E-state index in [0.29, 0.717) is 11.1 Å². The highest BCUT2D eigenvalue weighted by Gasteiger charge is 2.11. The van der Waals surface area contributed by atoms with E-state index in [1.807, 2.05) is 13.0 Å². The van der Waals surface area contributed by atoms with Gasteiger partial charge >= 0.3 is 0 Å². The number of rotatable bonds is 1. The summed E-state index contributed by atoms with van der Waals surface area (Å²) in [7, 11) is 0. The maximum Gasteiger partial charge on any atom is 0.142 e. The minimum atomic E-state index is 0.381. The summed E-state index contributed by atoms with van der Waals surface area (Å²) in [6, 6.07) is 1.88. The number of nitrogens with one attached hydrogen (secondary N) is 1. The molecule has 0 aliphatic rings. The maximum atomic E-state index is 5.89. The number of nitrogens with zero attached hydrogens (tertiary/aromatic N) is 2. The van der Waals surface area contributed by atoms with Gasteiger partial charge in [-0.2, -0.15) is 0 Å². The molecule has 3 nitrogen and oxygen atoms in total. The lowest BCUT2D eigenvalue weighted by Gasteiger charge is -2.06. The van der Waals surface area contributed by atoms with E-state index in [9.17, 15) is 0 Å². The molecule has 2 aromatic rings. The van der Waals surface area contributed by atoms with Crippen LogP contribution in [0.2, 0.25) is 5.15 Å².